The Morgan fingerprint density at radius 3 is 2.68 bits per heavy atom. The second kappa shape index (κ2) is 8.81. The zero-order valence-electron chi connectivity index (χ0n) is 12.0. The largest absolute Gasteiger partial charge is 0.306 e. The van der Waals surface area contributed by atoms with Gasteiger partial charge in [-0.2, -0.15) is 0 Å². The molecule has 0 spiro atoms. The fourth-order valence-electron chi connectivity index (χ4n) is 2.13. The van der Waals surface area contributed by atoms with Crippen molar-refractivity contribution < 1.29 is 4.39 Å². The van der Waals surface area contributed by atoms with E-state index >= 15 is 0 Å². The van der Waals surface area contributed by atoms with Crippen LogP contribution in [0.4, 0.5) is 4.39 Å². The summed E-state index contributed by atoms with van der Waals surface area (Å²) >= 11 is 0. The van der Waals surface area contributed by atoms with E-state index in [0.717, 1.165) is 25.0 Å². The number of pyridine rings is 1. The van der Waals surface area contributed by atoms with Crippen LogP contribution in [0, 0.1) is 5.82 Å². The van der Waals surface area contributed by atoms with Gasteiger partial charge in [-0.05, 0) is 31.4 Å². The third kappa shape index (κ3) is 6.48. The lowest BCUT2D eigenvalue weighted by atomic mass is 10.0. The molecule has 1 unspecified atom stereocenters. The first kappa shape index (κ1) is 15.8. The molecule has 0 aliphatic rings. The molecule has 0 aliphatic carbocycles. The Morgan fingerprint density at radius 2 is 2.11 bits per heavy atom. The Labute approximate surface area is 116 Å². The van der Waals surface area contributed by atoms with E-state index in [0.29, 0.717) is 6.04 Å². The van der Waals surface area contributed by atoms with Gasteiger partial charge in [-0.25, -0.2) is 4.39 Å². The summed E-state index contributed by atoms with van der Waals surface area (Å²) in [5, 5.41) is 3.50. The van der Waals surface area contributed by atoms with E-state index < -0.39 is 0 Å². The maximum atomic E-state index is 12.9. The maximum absolute atomic E-state index is 12.9. The standard InChI is InChI=1S/C16H25FN2/c1-4-5-6-7-8-9-16(19-13(2)3)15-11-10-14(17)12-18-15/h4,10-13,16,19H,1,5-9H2,2-3H3. The molecule has 0 aliphatic heterocycles. The van der Waals surface area contributed by atoms with Gasteiger partial charge in [0.05, 0.1) is 11.9 Å². The maximum Gasteiger partial charge on any atom is 0.141 e. The Kier molecular flexibility index (Phi) is 7.34. The number of hydrogen-bond donors (Lipinski definition) is 1. The summed E-state index contributed by atoms with van der Waals surface area (Å²) in [5.41, 5.74) is 0.929. The Hall–Kier alpha value is -1.22. The summed E-state index contributed by atoms with van der Waals surface area (Å²) < 4.78 is 12.9. The predicted molar refractivity (Wildman–Crippen MR) is 78.5 cm³/mol. The molecule has 1 atom stereocenters. The number of nitrogens with zero attached hydrogens (tertiary/aromatic N) is 1. The normalized spacial score (nSPS) is 12.6. The summed E-state index contributed by atoms with van der Waals surface area (Å²) in [4.78, 5) is 4.19. The zero-order valence-corrected chi connectivity index (χ0v) is 12.0. The molecule has 0 amide bonds. The van der Waals surface area contributed by atoms with Crippen LogP contribution in [0.1, 0.15) is 57.7 Å². The van der Waals surface area contributed by atoms with Crippen molar-refractivity contribution in [1.29, 1.82) is 0 Å². The highest BCUT2D eigenvalue weighted by Gasteiger charge is 2.13. The van der Waals surface area contributed by atoms with Gasteiger partial charge in [0.15, 0.2) is 0 Å². The van der Waals surface area contributed by atoms with Gasteiger partial charge in [-0.3, -0.25) is 4.98 Å². The van der Waals surface area contributed by atoms with Crippen molar-refractivity contribution in [2.45, 2.75) is 58.0 Å². The van der Waals surface area contributed by atoms with E-state index in [2.05, 4.69) is 30.7 Å². The SMILES string of the molecule is C=CCCCCCC(NC(C)C)c1ccc(F)cn1. The van der Waals surface area contributed by atoms with E-state index in [-0.39, 0.29) is 11.9 Å². The minimum atomic E-state index is -0.280. The number of unbranched alkanes of at least 4 members (excludes halogenated alkanes) is 3. The highest BCUT2D eigenvalue weighted by molar-refractivity contribution is 5.10. The molecule has 1 N–H and O–H groups in total. The zero-order chi connectivity index (χ0) is 14.1. The van der Waals surface area contributed by atoms with Crippen molar-refractivity contribution in [2.24, 2.45) is 0 Å². The molecule has 106 valence electrons. The highest BCUT2D eigenvalue weighted by Crippen LogP contribution is 2.19. The third-order valence-electron chi connectivity index (χ3n) is 3.04. The second-order valence-electron chi connectivity index (χ2n) is 5.20. The number of nitrogens with one attached hydrogen (secondary N) is 1. The van der Waals surface area contributed by atoms with Crippen molar-refractivity contribution in [1.82, 2.24) is 10.3 Å². The first-order valence-electron chi connectivity index (χ1n) is 7.12. The Morgan fingerprint density at radius 1 is 1.32 bits per heavy atom. The van der Waals surface area contributed by atoms with Gasteiger partial charge in [0.2, 0.25) is 0 Å². The van der Waals surface area contributed by atoms with E-state index in [1.807, 2.05) is 6.08 Å². The first-order valence-corrected chi connectivity index (χ1v) is 7.12. The van der Waals surface area contributed by atoms with E-state index in [1.54, 1.807) is 6.07 Å². The van der Waals surface area contributed by atoms with Crippen LogP contribution < -0.4 is 5.32 Å². The minimum absolute atomic E-state index is 0.212. The summed E-state index contributed by atoms with van der Waals surface area (Å²) in [5.74, 6) is -0.280. The summed E-state index contributed by atoms with van der Waals surface area (Å²) in [6.45, 7) is 7.97. The molecular formula is C16H25FN2. The molecule has 0 bridgehead atoms. The van der Waals surface area contributed by atoms with Gasteiger partial charge in [0.25, 0.3) is 0 Å². The molecule has 1 aromatic rings. The lowest BCUT2D eigenvalue weighted by molar-refractivity contribution is 0.425. The predicted octanol–water partition coefficient (Wildman–Crippen LogP) is 4.40. The fraction of sp³-hybridized carbons (Fsp3) is 0.562. The lowest BCUT2D eigenvalue weighted by Crippen LogP contribution is -2.28. The molecule has 1 heterocycles. The van der Waals surface area contributed by atoms with Crippen LogP contribution in [0.3, 0.4) is 0 Å². The van der Waals surface area contributed by atoms with Crippen LogP contribution in [0.15, 0.2) is 31.0 Å². The van der Waals surface area contributed by atoms with Crippen molar-refractivity contribution in [2.75, 3.05) is 0 Å². The molecule has 1 rings (SSSR count). The van der Waals surface area contributed by atoms with E-state index in [4.69, 9.17) is 0 Å². The number of aromatic nitrogens is 1. The van der Waals surface area contributed by atoms with Crippen LogP contribution in [0.2, 0.25) is 0 Å². The Balaban J connectivity index is 2.51. The monoisotopic (exact) mass is 264 g/mol. The van der Waals surface area contributed by atoms with Gasteiger partial charge in [0, 0.05) is 12.1 Å². The van der Waals surface area contributed by atoms with Crippen LogP contribution in [0.5, 0.6) is 0 Å². The third-order valence-corrected chi connectivity index (χ3v) is 3.04. The van der Waals surface area contributed by atoms with Gasteiger partial charge >= 0.3 is 0 Å². The van der Waals surface area contributed by atoms with E-state index in [1.165, 1.54) is 25.1 Å². The molecule has 1 aromatic heterocycles. The Bertz CT molecular complexity index is 360. The summed E-state index contributed by atoms with van der Waals surface area (Å²) in [6, 6.07) is 3.86. The van der Waals surface area contributed by atoms with E-state index in [9.17, 15) is 4.39 Å². The van der Waals surface area contributed by atoms with Gasteiger partial charge in [-0.1, -0.05) is 32.8 Å². The molecule has 0 aromatic carbocycles. The first-order chi connectivity index (χ1) is 9.13. The molecular weight excluding hydrogens is 239 g/mol. The minimum Gasteiger partial charge on any atom is -0.306 e. The topological polar surface area (TPSA) is 24.9 Å². The lowest BCUT2D eigenvalue weighted by Gasteiger charge is -2.20. The van der Waals surface area contributed by atoms with Crippen molar-refractivity contribution in [3.05, 3.63) is 42.5 Å². The quantitative estimate of drug-likeness (QED) is 0.528. The van der Waals surface area contributed by atoms with Crippen molar-refractivity contribution in [3.8, 4) is 0 Å². The van der Waals surface area contributed by atoms with Crippen molar-refractivity contribution >= 4 is 0 Å². The van der Waals surface area contributed by atoms with Gasteiger partial charge in [0.1, 0.15) is 5.82 Å². The van der Waals surface area contributed by atoms with Crippen LogP contribution in [-0.2, 0) is 0 Å². The summed E-state index contributed by atoms with van der Waals surface area (Å²) in [7, 11) is 0. The highest BCUT2D eigenvalue weighted by atomic mass is 19.1. The number of hydrogen-bond acceptors (Lipinski definition) is 2. The van der Waals surface area contributed by atoms with Crippen LogP contribution in [0.25, 0.3) is 0 Å². The van der Waals surface area contributed by atoms with Crippen molar-refractivity contribution in [3.63, 3.8) is 0 Å². The van der Waals surface area contributed by atoms with Crippen LogP contribution in [-0.4, -0.2) is 11.0 Å². The molecule has 19 heavy (non-hydrogen) atoms. The molecule has 0 radical (unpaired) electrons. The average Bonchev–Trinajstić information content (AvgIpc) is 2.38. The molecule has 0 saturated carbocycles. The van der Waals surface area contributed by atoms with Crippen LogP contribution >= 0.6 is 0 Å². The smallest absolute Gasteiger partial charge is 0.141 e. The molecule has 3 heteroatoms. The molecule has 0 saturated heterocycles. The van der Waals surface area contributed by atoms with Gasteiger partial charge < -0.3 is 5.32 Å². The molecule has 2 nitrogen and oxygen atoms in total. The number of allylic oxidation sites excluding steroid dienone is 1. The summed E-state index contributed by atoms with van der Waals surface area (Å²) in [6.07, 6.45) is 8.91. The number of rotatable bonds is 9. The van der Waals surface area contributed by atoms with Gasteiger partial charge in [-0.15, -0.1) is 6.58 Å². The second-order valence-corrected chi connectivity index (χ2v) is 5.20. The number of halogens is 1. The molecule has 0 fully saturated rings. The fourth-order valence-corrected chi connectivity index (χ4v) is 2.13. The average molecular weight is 264 g/mol.